The Hall–Kier alpha value is -0.950. The van der Waals surface area contributed by atoms with Gasteiger partial charge in [-0.1, -0.05) is 15.9 Å². The van der Waals surface area contributed by atoms with E-state index in [1.807, 2.05) is 30.3 Å². The second-order valence-electron chi connectivity index (χ2n) is 5.88. The maximum absolute atomic E-state index is 13.0. The number of fused-ring (bicyclic) bond motifs is 4. The Morgan fingerprint density at radius 3 is 2.38 bits per heavy atom. The number of thioether (sulfide) groups is 1. The maximum Gasteiger partial charge on any atom is 0.194 e. The van der Waals surface area contributed by atoms with Gasteiger partial charge in [0.15, 0.2) is 11.6 Å². The summed E-state index contributed by atoms with van der Waals surface area (Å²) < 4.78 is 2.32. The summed E-state index contributed by atoms with van der Waals surface area (Å²) in [7, 11) is 0. The minimum atomic E-state index is -0.0487. The van der Waals surface area contributed by atoms with Crippen molar-refractivity contribution >= 4 is 76.6 Å². The summed E-state index contributed by atoms with van der Waals surface area (Å²) in [5, 5.41) is 0.993. The third kappa shape index (κ3) is 2.13. The number of hydrogen-bond donors (Lipinski definition) is 0. The molecule has 2 nitrogen and oxygen atoms in total. The SMILES string of the molecule is O=C1c2cc3c(cc2C(=O)c2cc4sc(Br)cc4cc21)SC(Br)C3. The first-order valence-corrected chi connectivity index (χ1v) is 10.7. The zero-order valence-electron chi connectivity index (χ0n) is 12.1. The first-order valence-electron chi connectivity index (χ1n) is 7.31. The molecule has 0 bridgehead atoms. The van der Waals surface area contributed by atoms with E-state index in [0.29, 0.717) is 26.4 Å². The summed E-state index contributed by atoms with van der Waals surface area (Å²) in [4.78, 5) is 27.1. The number of carbonyl (C=O) groups is 2. The highest BCUT2D eigenvalue weighted by atomic mass is 79.9. The molecule has 24 heavy (non-hydrogen) atoms. The van der Waals surface area contributed by atoms with E-state index >= 15 is 0 Å². The van der Waals surface area contributed by atoms with Gasteiger partial charge in [0.2, 0.25) is 0 Å². The average Bonchev–Trinajstić information content (AvgIpc) is 3.09. The van der Waals surface area contributed by atoms with E-state index in [1.54, 1.807) is 23.1 Å². The second kappa shape index (κ2) is 5.27. The number of rotatable bonds is 0. The van der Waals surface area contributed by atoms with Crippen molar-refractivity contribution in [2.45, 2.75) is 15.5 Å². The van der Waals surface area contributed by atoms with Crippen LogP contribution in [-0.2, 0) is 6.42 Å². The smallest absolute Gasteiger partial charge is 0.194 e. The fourth-order valence-electron chi connectivity index (χ4n) is 3.34. The van der Waals surface area contributed by atoms with E-state index in [1.165, 1.54) is 0 Å². The molecule has 1 atom stereocenters. The van der Waals surface area contributed by atoms with Crippen LogP contribution < -0.4 is 0 Å². The molecule has 1 aliphatic carbocycles. The number of carbonyl (C=O) groups excluding carboxylic acids is 2. The highest BCUT2D eigenvalue weighted by Gasteiger charge is 2.33. The molecule has 0 amide bonds. The number of thiophene rings is 1. The van der Waals surface area contributed by atoms with E-state index in [2.05, 4.69) is 31.9 Å². The second-order valence-corrected chi connectivity index (χ2v) is 11.3. The molecular weight excluding hydrogens is 472 g/mol. The molecular formula is C18H8Br2O2S2. The van der Waals surface area contributed by atoms with Gasteiger partial charge < -0.3 is 0 Å². The first-order chi connectivity index (χ1) is 11.5. The van der Waals surface area contributed by atoms with Crippen LogP contribution in [0.4, 0.5) is 0 Å². The molecule has 0 N–H and O–H groups in total. The van der Waals surface area contributed by atoms with Crippen molar-refractivity contribution in [3.05, 3.63) is 61.9 Å². The lowest BCUT2D eigenvalue weighted by atomic mass is 9.82. The average molecular weight is 480 g/mol. The zero-order chi connectivity index (χ0) is 16.6. The van der Waals surface area contributed by atoms with Gasteiger partial charge in [0.1, 0.15) is 0 Å². The fraction of sp³-hybridized carbons (Fsp3) is 0.111. The Morgan fingerprint density at radius 1 is 0.917 bits per heavy atom. The lowest BCUT2D eigenvalue weighted by Gasteiger charge is -2.18. The van der Waals surface area contributed by atoms with Gasteiger partial charge in [-0.05, 0) is 63.6 Å². The lowest BCUT2D eigenvalue weighted by molar-refractivity contribution is 0.0979. The van der Waals surface area contributed by atoms with E-state index in [-0.39, 0.29) is 11.6 Å². The van der Waals surface area contributed by atoms with E-state index in [4.69, 9.17) is 0 Å². The molecule has 0 saturated carbocycles. The maximum atomic E-state index is 13.0. The number of alkyl halides is 1. The molecule has 1 unspecified atom stereocenters. The van der Waals surface area contributed by atoms with Crippen LogP contribution in [0.3, 0.4) is 0 Å². The summed E-state index contributed by atoms with van der Waals surface area (Å²) in [5.41, 5.74) is 3.26. The van der Waals surface area contributed by atoms with Crippen LogP contribution in [0.1, 0.15) is 37.4 Å². The Bertz CT molecular complexity index is 1000. The first kappa shape index (κ1) is 15.3. The van der Waals surface area contributed by atoms with Crippen LogP contribution >= 0.6 is 55.0 Å². The molecule has 5 rings (SSSR count). The van der Waals surface area contributed by atoms with E-state index < -0.39 is 0 Å². The summed E-state index contributed by atoms with van der Waals surface area (Å²) in [5.74, 6) is -0.0953. The third-order valence-corrected chi connectivity index (χ3v) is 7.98. The molecule has 1 aliphatic heterocycles. The van der Waals surface area contributed by atoms with Gasteiger partial charge in [0.05, 0.1) is 7.95 Å². The van der Waals surface area contributed by atoms with Crippen LogP contribution in [0.15, 0.2) is 39.0 Å². The van der Waals surface area contributed by atoms with Gasteiger partial charge in [-0.2, -0.15) is 0 Å². The normalized spacial score (nSPS) is 18.7. The van der Waals surface area contributed by atoms with Crippen LogP contribution in [0, 0.1) is 0 Å². The van der Waals surface area contributed by atoms with Crippen LogP contribution in [0.25, 0.3) is 10.1 Å². The highest BCUT2D eigenvalue weighted by molar-refractivity contribution is 9.11. The summed E-state index contributed by atoms with van der Waals surface area (Å²) in [6.45, 7) is 0. The minimum Gasteiger partial charge on any atom is -0.289 e. The van der Waals surface area contributed by atoms with Crippen LogP contribution in [-0.4, -0.2) is 15.7 Å². The molecule has 2 aromatic carbocycles. The molecule has 0 saturated heterocycles. The van der Waals surface area contributed by atoms with Crippen LogP contribution in [0.2, 0.25) is 0 Å². The molecule has 0 fully saturated rings. The fourth-order valence-corrected chi connectivity index (χ4v) is 6.89. The van der Waals surface area contributed by atoms with Gasteiger partial charge in [-0.15, -0.1) is 23.1 Å². The van der Waals surface area contributed by atoms with Gasteiger partial charge in [-0.3, -0.25) is 9.59 Å². The summed E-state index contributed by atoms with van der Waals surface area (Å²) >= 11 is 10.4. The van der Waals surface area contributed by atoms with Crippen molar-refractivity contribution in [2.75, 3.05) is 0 Å². The molecule has 6 heteroatoms. The topological polar surface area (TPSA) is 34.1 Å². The Kier molecular flexibility index (Phi) is 3.36. The Morgan fingerprint density at radius 2 is 1.58 bits per heavy atom. The Labute approximate surface area is 162 Å². The zero-order valence-corrected chi connectivity index (χ0v) is 16.9. The highest BCUT2D eigenvalue weighted by Crippen LogP contribution is 2.43. The number of hydrogen-bond acceptors (Lipinski definition) is 4. The quantitative estimate of drug-likeness (QED) is 0.298. The third-order valence-electron chi connectivity index (χ3n) is 4.44. The van der Waals surface area contributed by atoms with Crippen molar-refractivity contribution < 1.29 is 9.59 Å². The summed E-state index contributed by atoms with van der Waals surface area (Å²) in [6, 6.07) is 9.51. The standard InChI is InChI=1S/C18H8Br2O2S2/c19-15-3-7-1-9-11(5-13(7)23-15)18(22)12-6-14-8(4-16(20)24-14)2-10(12)17(9)21/h1-3,5-6,16H,4H2. The molecule has 1 aromatic heterocycles. The van der Waals surface area contributed by atoms with Gasteiger partial charge >= 0.3 is 0 Å². The van der Waals surface area contributed by atoms with E-state index in [9.17, 15) is 9.59 Å². The number of halogens is 2. The molecule has 0 radical (unpaired) electrons. The monoisotopic (exact) mass is 478 g/mol. The molecule has 3 aromatic rings. The largest absolute Gasteiger partial charge is 0.289 e. The van der Waals surface area contributed by atoms with Crippen molar-refractivity contribution in [1.82, 2.24) is 0 Å². The van der Waals surface area contributed by atoms with Crippen molar-refractivity contribution in [1.29, 1.82) is 0 Å². The lowest BCUT2D eigenvalue weighted by Crippen LogP contribution is -2.21. The predicted octanol–water partition coefficient (Wildman–Crippen LogP) is 5.81. The molecule has 2 aliphatic rings. The predicted molar refractivity (Wildman–Crippen MR) is 105 cm³/mol. The van der Waals surface area contributed by atoms with E-state index in [0.717, 1.165) is 30.8 Å². The van der Waals surface area contributed by atoms with Crippen molar-refractivity contribution in [3.8, 4) is 0 Å². The van der Waals surface area contributed by atoms with Gasteiger partial charge in [0.25, 0.3) is 0 Å². The molecule has 0 spiro atoms. The van der Waals surface area contributed by atoms with Crippen molar-refractivity contribution in [2.24, 2.45) is 0 Å². The van der Waals surface area contributed by atoms with Gasteiger partial charge in [-0.25, -0.2) is 0 Å². The van der Waals surface area contributed by atoms with Gasteiger partial charge in [0, 0.05) is 31.8 Å². The van der Waals surface area contributed by atoms with Crippen LogP contribution in [0.5, 0.6) is 0 Å². The molecule has 2 heterocycles. The minimum absolute atomic E-state index is 0.0466. The number of benzene rings is 2. The Balaban J connectivity index is 1.76. The number of ketones is 2. The summed E-state index contributed by atoms with van der Waals surface area (Å²) in [6.07, 6.45) is 0.873. The van der Waals surface area contributed by atoms with Crippen molar-refractivity contribution in [3.63, 3.8) is 0 Å². The molecule has 118 valence electrons.